The molecule has 0 fully saturated rings. The highest BCUT2D eigenvalue weighted by molar-refractivity contribution is 5.78. The molecule has 0 heterocycles. The van der Waals surface area contributed by atoms with E-state index in [1.54, 1.807) is 0 Å². The van der Waals surface area contributed by atoms with Crippen LogP contribution in [0.15, 0.2) is 0 Å². The zero-order chi connectivity index (χ0) is 35.7. The fourth-order valence-electron chi connectivity index (χ4n) is 7.23. The molecule has 0 aromatic rings. The maximum atomic E-state index is 12.4. The van der Waals surface area contributed by atoms with Crippen LogP contribution in [0.25, 0.3) is 0 Å². The van der Waals surface area contributed by atoms with E-state index in [0.717, 1.165) is 51.4 Å². The van der Waals surface area contributed by atoms with Crippen LogP contribution >= 0.6 is 0 Å². The number of aliphatic hydroxyl groups excluding tert-OH is 1. The normalized spacial score (nSPS) is 12.1. The standard InChI is InChI=1S/C45H89NO3/c1-3-5-7-9-11-13-15-16-17-18-19-21-22-26-30-34-38-43(42-47)46-45(49)41-37-33-29-25-24-28-32-36-40-44(48)39-35-31-27-23-20-14-12-10-8-6-4-2/h43,47H,3-42H2,1-2H3,(H,46,49). The van der Waals surface area contributed by atoms with Gasteiger partial charge in [-0.1, -0.05) is 219 Å². The molecule has 4 heteroatoms. The molecule has 2 N–H and O–H groups in total. The molecule has 1 unspecified atom stereocenters. The fraction of sp³-hybridized carbons (Fsp3) is 0.956. The Bertz CT molecular complexity index is 666. The maximum absolute atomic E-state index is 12.4. The Labute approximate surface area is 307 Å². The monoisotopic (exact) mass is 692 g/mol. The van der Waals surface area contributed by atoms with Crippen molar-refractivity contribution in [1.82, 2.24) is 5.32 Å². The van der Waals surface area contributed by atoms with E-state index in [1.807, 2.05) is 0 Å². The summed E-state index contributed by atoms with van der Waals surface area (Å²) in [5.41, 5.74) is 0. The van der Waals surface area contributed by atoms with Crippen LogP contribution in [-0.4, -0.2) is 29.4 Å². The summed E-state index contributed by atoms with van der Waals surface area (Å²) in [6.07, 6.45) is 48.7. The van der Waals surface area contributed by atoms with Crippen molar-refractivity contribution in [1.29, 1.82) is 0 Å². The fourth-order valence-corrected chi connectivity index (χ4v) is 7.23. The zero-order valence-electron chi connectivity index (χ0n) is 33.6. The third kappa shape index (κ3) is 39.7. The van der Waals surface area contributed by atoms with E-state index in [4.69, 9.17) is 0 Å². The van der Waals surface area contributed by atoms with Crippen molar-refractivity contribution in [3.63, 3.8) is 0 Å². The lowest BCUT2D eigenvalue weighted by Crippen LogP contribution is -2.37. The molecule has 1 atom stereocenters. The topological polar surface area (TPSA) is 66.4 Å². The number of unbranched alkanes of at least 4 members (excludes halogenated alkanes) is 32. The van der Waals surface area contributed by atoms with Gasteiger partial charge in [0.15, 0.2) is 0 Å². The lowest BCUT2D eigenvalue weighted by Gasteiger charge is -2.16. The first kappa shape index (κ1) is 48.1. The van der Waals surface area contributed by atoms with Gasteiger partial charge >= 0.3 is 0 Å². The number of rotatable bonds is 42. The summed E-state index contributed by atoms with van der Waals surface area (Å²) in [6, 6.07) is -0.0780. The van der Waals surface area contributed by atoms with Gasteiger partial charge in [-0.3, -0.25) is 9.59 Å². The number of carbonyl (C=O) groups is 2. The summed E-state index contributed by atoms with van der Waals surface area (Å²) in [5, 5.41) is 12.8. The van der Waals surface area contributed by atoms with Crippen molar-refractivity contribution < 1.29 is 14.7 Å². The minimum atomic E-state index is -0.0780. The van der Waals surface area contributed by atoms with Crippen LogP contribution in [0.3, 0.4) is 0 Å². The zero-order valence-corrected chi connectivity index (χ0v) is 33.6. The summed E-state index contributed by atoms with van der Waals surface area (Å²) in [4.78, 5) is 24.5. The molecule has 292 valence electrons. The predicted molar refractivity (Wildman–Crippen MR) is 215 cm³/mol. The molecule has 0 aromatic heterocycles. The largest absolute Gasteiger partial charge is 0.394 e. The van der Waals surface area contributed by atoms with E-state index in [0.29, 0.717) is 12.2 Å². The van der Waals surface area contributed by atoms with E-state index in [1.165, 1.54) is 193 Å². The Hall–Kier alpha value is -0.900. The SMILES string of the molecule is CCCCCCCCCCCCCCCCCCC(CO)NC(=O)CCCCCCCCCCC(=O)CCCCCCCCCCCCC. The molecule has 0 radical (unpaired) electrons. The van der Waals surface area contributed by atoms with E-state index >= 15 is 0 Å². The van der Waals surface area contributed by atoms with Gasteiger partial charge in [0.25, 0.3) is 0 Å². The number of nitrogens with one attached hydrogen (secondary N) is 1. The molecule has 49 heavy (non-hydrogen) atoms. The lowest BCUT2D eigenvalue weighted by molar-refractivity contribution is -0.122. The van der Waals surface area contributed by atoms with Crippen molar-refractivity contribution in [2.75, 3.05) is 6.61 Å². The van der Waals surface area contributed by atoms with Crippen LogP contribution in [-0.2, 0) is 9.59 Å². The van der Waals surface area contributed by atoms with Gasteiger partial charge in [0.05, 0.1) is 12.6 Å². The quantitative estimate of drug-likeness (QED) is 0.0626. The van der Waals surface area contributed by atoms with E-state index in [-0.39, 0.29) is 18.6 Å². The summed E-state index contributed by atoms with van der Waals surface area (Å²) in [5.74, 6) is 0.580. The number of hydrogen-bond donors (Lipinski definition) is 2. The summed E-state index contributed by atoms with van der Waals surface area (Å²) < 4.78 is 0. The second-order valence-electron chi connectivity index (χ2n) is 15.7. The van der Waals surface area contributed by atoms with Crippen LogP contribution in [0.1, 0.15) is 264 Å². The van der Waals surface area contributed by atoms with Gasteiger partial charge in [-0.15, -0.1) is 0 Å². The summed E-state index contributed by atoms with van der Waals surface area (Å²) in [7, 11) is 0. The first-order valence-corrected chi connectivity index (χ1v) is 22.6. The van der Waals surface area contributed by atoms with Gasteiger partial charge in [-0.2, -0.15) is 0 Å². The van der Waals surface area contributed by atoms with Crippen LogP contribution in [0, 0.1) is 0 Å². The average molecular weight is 692 g/mol. The van der Waals surface area contributed by atoms with E-state index in [9.17, 15) is 14.7 Å². The second-order valence-corrected chi connectivity index (χ2v) is 15.7. The molecule has 0 rings (SSSR count). The molecule has 0 aliphatic heterocycles. The predicted octanol–water partition coefficient (Wildman–Crippen LogP) is 14.3. The number of hydrogen-bond acceptors (Lipinski definition) is 3. The Morgan fingerprint density at radius 3 is 0.959 bits per heavy atom. The molecule has 0 aliphatic rings. The van der Waals surface area contributed by atoms with Crippen LogP contribution < -0.4 is 5.32 Å². The number of Topliss-reactive ketones (excluding diaryl/α,β-unsaturated/α-hetero) is 1. The molecule has 1 amide bonds. The molecule has 0 aliphatic carbocycles. The number of carbonyl (C=O) groups excluding carboxylic acids is 2. The Kier molecular flexibility index (Phi) is 40.8. The second kappa shape index (κ2) is 41.5. The average Bonchev–Trinajstić information content (AvgIpc) is 3.10. The Morgan fingerprint density at radius 1 is 0.388 bits per heavy atom. The third-order valence-corrected chi connectivity index (χ3v) is 10.7. The smallest absolute Gasteiger partial charge is 0.220 e. The molecule has 4 nitrogen and oxygen atoms in total. The van der Waals surface area contributed by atoms with E-state index in [2.05, 4.69) is 19.2 Å². The molecule has 0 bridgehead atoms. The molecule has 0 saturated carbocycles. The van der Waals surface area contributed by atoms with Crippen LogP contribution in [0.2, 0.25) is 0 Å². The highest BCUT2D eigenvalue weighted by Crippen LogP contribution is 2.16. The highest BCUT2D eigenvalue weighted by atomic mass is 16.3. The molecule has 0 saturated heterocycles. The number of amides is 1. The lowest BCUT2D eigenvalue weighted by atomic mass is 10.0. The number of aliphatic hydroxyl groups is 1. The van der Waals surface area contributed by atoms with Gasteiger partial charge in [-0.05, 0) is 25.7 Å². The molecular weight excluding hydrogens is 602 g/mol. The maximum Gasteiger partial charge on any atom is 0.220 e. The van der Waals surface area contributed by atoms with Crippen molar-refractivity contribution in [3.05, 3.63) is 0 Å². The van der Waals surface area contributed by atoms with Gasteiger partial charge in [0.2, 0.25) is 5.91 Å². The van der Waals surface area contributed by atoms with Crippen LogP contribution in [0.5, 0.6) is 0 Å². The highest BCUT2D eigenvalue weighted by Gasteiger charge is 2.11. The molecular formula is C45H89NO3. The van der Waals surface area contributed by atoms with Crippen LogP contribution in [0.4, 0.5) is 0 Å². The van der Waals surface area contributed by atoms with E-state index < -0.39 is 0 Å². The third-order valence-electron chi connectivity index (χ3n) is 10.7. The minimum absolute atomic E-state index is 0.0510. The van der Waals surface area contributed by atoms with Gasteiger partial charge < -0.3 is 10.4 Å². The van der Waals surface area contributed by atoms with Crippen molar-refractivity contribution in [3.8, 4) is 0 Å². The summed E-state index contributed by atoms with van der Waals surface area (Å²) in [6.45, 7) is 4.61. The van der Waals surface area contributed by atoms with Crippen molar-refractivity contribution in [2.24, 2.45) is 0 Å². The molecule has 0 aromatic carbocycles. The summed E-state index contributed by atoms with van der Waals surface area (Å²) >= 11 is 0. The van der Waals surface area contributed by atoms with Crippen molar-refractivity contribution >= 4 is 11.7 Å². The van der Waals surface area contributed by atoms with Gasteiger partial charge in [0.1, 0.15) is 5.78 Å². The minimum Gasteiger partial charge on any atom is -0.394 e. The Balaban J connectivity index is 3.42. The van der Waals surface area contributed by atoms with Gasteiger partial charge in [-0.25, -0.2) is 0 Å². The first-order chi connectivity index (χ1) is 24.1. The Morgan fingerprint density at radius 2 is 0.653 bits per heavy atom. The number of ketones is 1. The first-order valence-electron chi connectivity index (χ1n) is 22.6. The molecule has 0 spiro atoms. The van der Waals surface area contributed by atoms with Crippen molar-refractivity contribution in [2.45, 2.75) is 270 Å². The van der Waals surface area contributed by atoms with Gasteiger partial charge in [0, 0.05) is 19.3 Å².